The Morgan fingerprint density at radius 3 is 2.64 bits per heavy atom. The summed E-state index contributed by atoms with van der Waals surface area (Å²) >= 11 is 0. The summed E-state index contributed by atoms with van der Waals surface area (Å²) in [6.45, 7) is 2.16. The van der Waals surface area contributed by atoms with E-state index in [2.05, 4.69) is 48.3 Å². The standard InChI is InChI=1S/C13H11N/c1-2-11-10-7-3-5-9-6-4-8-12(14-11)13(9)10/h3-8H,2H2,1H3. The van der Waals surface area contributed by atoms with Gasteiger partial charge in [-0.25, -0.2) is 0 Å². The van der Waals surface area contributed by atoms with Gasteiger partial charge in [0.1, 0.15) is 0 Å². The molecule has 0 spiro atoms. The van der Waals surface area contributed by atoms with Crippen molar-refractivity contribution >= 4 is 22.2 Å². The zero-order valence-corrected chi connectivity index (χ0v) is 8.12. The number of hydrogen-bond acceptors (Lipinski definition) is 1. The van der Waals surface area contributed by atoms with E-state index in [0.29, 0.717) is 0 Å². The number of benzene rings is 2. The number of hydrogen-bond donors (Lipinski definition) is 0. The maximum atomic E-state index is 4.63. The molecule has 0 bridgehead atoms. The van der Waals surface area contributed by atoms with Crippen molar-refractivity contribution in [1.82, 2.24) is 0 Å². The molecule has 0 unspecified atom stereocenters. The monoisotopic (exact) mass is 181 g/mol. The Balaban J connectivity index is 2.46. The summed E-state index contributed by atoms with van der Waals surface area (Å²) in [5.41, 5.74) is 3.67. The molecule has 0 atom stereocenters. The lowest BCUT2D eigenvalue weighted by atomic mass is 10.0. The van der Waals surface area contributed by atoms with Gasteiger partial charge in [-0.05, 0) is 17.9 Å². The Hall–Kier alpha value is -1.63. The molecule has 0 aliphatic carbocycles. The Morgan fingerprint density at radius 1 is 1.07 bits per heavy atom. The van der Waals surface area contributed by atoms with Crippen molar-refractivity contribution in [2.24, 2.45) is 4.99 Å². The van der Waals surface area contributed by atoms with Crippen LogP contribution in [-0.2, 0) is 0 Å². The van der Waals surface area contributed by atoms with Gasteiger partial charge in [0.25, 0.3) is 0 Å². The van der Waals surface area contributed by atoms with Gasteiger partial charge in [0.2, 0.25) is 0 Å². The van der Waals surface area contributed by atoms with E-state index in [1.54, 1.807) is 0 Å². The predicted octanol–water partition coefficient (Wildman–Crippen LogP) is 3.68. The molecule has 0 aromatic heterocycles. The van der Waals surface area contributed by atoms with E-state index >= 15 is 0 Å². The smallest absolute Gasteiger partial charge is 0.0718 e. The van der Waals surface area contributed by atoms with Gasteiger partial charge < -0.3 is 0 Å². The summed E-state index contributed by atoms with van der Waals surface area (Å²) in [7, 11) is 0. The molecule has 68 valence electrons. The molecule has 0 amide bonds. The van der Waals surface area contributed by atoms with Crippen molar-refractivity contribution in [3.63, 3.8) is 0 Å². The summed E-state index contributed by atoms with van der Waals surface area (Å²) < 4.78 is 0. The lowest BCUT2D eigenvalue weighted by Crippen LogP contribution is -1.93. The van der Waals surface area contributed by atoms with Crippen LogP contribution in [-0.4, -0.2) is 5.71 Å². The molecule has 0 fully saturated rings. The Bertz CT molecular complexity index is 533. The third-order valence-corrected chi connectivity index (χ3v) is 2.78. The maximum absolute atomic E-state index is 4.63. The second-order valence-corrected chi connectivity index (χ2v) is 3.59. The number of aliphatic imine (C=N–C) groups is 1. The summed E-state index contributed by atoms with van der Waals surface area (Å²) in [5.74, 6) is 0. The van der Waals surface area contributed by atoms with Crippen LogP contribution >= 0.6 is 0 Å². The second-order valence-electron chi connectivity index (χ2n) is 3.59. The molecular weight excluding hydrogens is 170 g/mol. The summed E-state index contributed by atoms with van der Waals surface area (Å²) in [6.07, 6.45) is 1.01. The third-order valence-electron chi connectivity index (χ3n) is 2.78. The average Bonchev–Trinajstić information content (AvgIpc) is 2.60. The van der Waals surface area contributed by atoms with Crippen LogP contribution < -0.4 is 0 Å². The molecule has 1 nitrogen and oxygen atoms in total. The van der Waals surface area contributed by atoms with Crippen LogP contribution in [0.15, 0.2) is 41.4 Å². The molecule has 1 heteroatoms. The van der Waals surface area contributed by atoms with Gasteiger partial charge in [-0.15, -0.1) is 0 Å². The number of nitrogens with zero attached hydrogens (tertiary/aromatic N) is 1. The zero-order valence-electron chi connectivity index (χ0n) is 8.12. The molecule has 1 aliphatic heterocycles. The molecule has 2 aromatic carbocycles. The normalized spacial score (nSPS) is 13.4. The van der Waals surface area contributed by atoms with Gasteiger partial charge in [-0.3, -0.25) is 4.99 Å². The van der Waals surface area contributed by atoms with E-state index in [1.165, 1.54) is 22.0 Å². The Kier molecular flexibility index (Phi) is 1.48. The van der Waals surface area contributed by atoms with Gasteiger partial charge in [0.15, 0.2) is 0 Å². The third kappa shape index (κ3) is 0.869. The highest BCUT2D eigenvalue weighted by Crippen LogP contribution is 2.35. The molecule has 1 aliphatic rings. The van der Waals surface area contributed by atoms with E-state index in [-0.39, 0.29) is 0 Å². The predicted molar refractivity (Wildman–Crippen MR) is 60.4 cm³/mol. The molecule has 3 rings (SSSR count). The minimum Gasteiger partial charge on any atom is -0.252 e. The van der Waals surface area contributed by atoms with Crippen LogP contribution in [0.2, 0.25) is 0 Å². The minimum absolute atomic E-state index is 1.01. The van der Waals surface area contributed by atoms with Gasteiger partial charge >= 0.3 is 0 Å². The summed E-state index contributed by atoms with van der Waals surface area (Å²) in [5, 5.41) is 2.62. The van der Waals surface area contributed by atoms with Crippen LogP contribution in [0.5, 0.6) is 0 Å². The van der Waals surface area contributed by atoms with Crippen molar-refractivity contribution < 1.29 is 0 Å². The first-order chi connectivity index (χ1) is 6.90. The SMILES string of the molecule is CCC1=Nc2cccc3cccc1c23. The van der Waals surface area contributed by atoms with Gasteiger partial charge in [0, 0.05) is 16.7 Å². The fourth-order valence-electron chi connectivity index (χ4n) is 2.13. The van der Waals surface area contributed by atoms with Crippen molar-refractivity contribution in [2.45, 2.75) is 13.3 Å². The van der Waals surface area contributed by atoms with Gasteiger partial charge in [0.05, 0.1) is 5.69 Å². The molecule has 0 radical (unpaired) electrons. The largest absolute Gasteiger partial charge is 0.252 e. The minimum atomic E-state index is 1.01. The highest BCUT2D eigenvalue weighted by Gasteiger charge is 2.15. The van der Waals surface area contributed by atoms with Crippen LogP contribution in [0.1, 0.15) is 18.9 Å². The van der Waals surface area contributed by atoms with Crippen molar-refractivity contribution in [3.05, 3.63) is 42.0 Å². The Morgan fingerprint density at radius 2 is 1.86 bits per heavy atom. The zero-order chi connectivity index (χ0) is 9.54. The molecule has 2 aromatic rings. The van der Waals surface area contributed by atoms with Crippen LogP contribution in [0.25, 0.3) is 10.8 Å². The highest BCUT2D eigenvalue weighted by molar-refractivity contribution is 6.19. The van der Waals surface area contributed by atoms with E-state index in [1.807, 2.05) is 0 Å². The summed E-state index contributed by atoms with van der Waals surface area (Å²) in [6, 6.07) is 12.7. The van der Waals surface area contributed by atoms with Crippen molar-refractivity contribution in [2.75, 3.05) is 0 Å². The summed E-state index contributed by atoms with van der Waals surface area (Å²) in [4.78, 5) is 4.63. The van der Waals surface area contributed by atoms with Gasteiger partial charge in [-0.1, -0.05) is 37.3 Å². The average molecular weight is 181 g/mol. The first-order valence-electron chi connectivity index (χ1n) is 5.00. The molecule has 0 saturated carbocycles. The first-order valence-corrected chi connectivity index (χ1v) is 5.00. The maximum Gasteiger partial charge on any atom is 0.0718 e. The van der Waals surface area contributed by atoms with Crippen LogP contribution in [0.4, 0.5) is 5.69 Å². The van der Waals surface area contributed by atoms with Crippen molar-refractivity contribution in [3.8, 4) is 0 Å². The molecular formula is C13H11N. The van der Waals surface area contributed by atoms with Crippen molar-refractivity contribution in [1.29, 1.82) is 0 Å². The topological polar surface area (TPSA) is 12.4 Å². The Labute approximate surface area is 83.1 Å². The molecule has 1 heterocycles. The second kappa shape index (κ2) is 2.68. The first kappa shape index (κ1) is 7.74. The quantitative estimate of drug-likeness (QED) is 0.636. The van der Waals surface area contributed by atoms with Gasteiger partial charge in [-0.2, -0.15) is 0 Å². The van der Waals surface area contributed by atoms with E-state index < -0.39 is 0 Å². The fourth-order valence-corrected chi connectivity index (χ4v) is 2.13. The molecule has 0 saturated heterocycles. The molecule has 0 N–H and O–H groups in total. The fraction of sp³-hybridized carbons (Fsp3) is 0.154. The van der Waals surface area contributed by atoms with E-state index in [4.69, 9.17) is 0 Å². The van der Waals surface area contributed by atoms with E-state index in [0.717, 1.165) is 12.1 Å². The number of rotatable bonds is 1. The van der Waals surface area contributed by atoms with E-state index in [9.17, 15) is 0 Å². The van der Waals surface area contributed by atoms with Crippen LogP contribution in [0, 0.1) is 0 Å². The lowest BCUT2D eigenvalue weighted by Gasteiger charge is -2.00. The highest BCUT2D eigenvalue weighted by atomic mass is 14.8. The molecule has 14 heavy (non-hydrogen) atoms. The lowest BCUT2D eigenvalue weighted by molar-refractivity contribution is 1.28. The van der Waals surface area contributed by atoms with Crippen LogP contribution in [0.3, 0.4) is 0 Å².